The molecule has 23 heavy (non-hydrogen) atoms. The van der Waals surface area contributed by atoms with Crippen LogP contribution in [0.3, 0.4) is 0 Å². The SMILES string of the molecule is CC(=O)Nc1cccc(C(=O)NN=Cc2cc(Cl)ccc2O)c1. The number of hydrogen-bond donors (Lipinski definition) is 3. The first-order valence-electron chi connectivity index (χ1n) is 6.65. The van der Waals surface area contributed by atoms with Gasteiger partial charge in [-0.25, -0.2) is 5.43 Å². The predicted molar refractivity (Wildman–Crippen MR) is 88.9 cm³/mol. The second-order valence-corrected chi connectivity index (χ2v) is 5.10. The van der Waals surface area contributed by atoms with Crippen LogP contribution in [0.4, 0.5) is 5.69 Å². The zero-order chi connectivity index (χ0) is 16.8. The van der Waals surface area contributed by atoms with Crippen LogP contribution in [0.15, 0.2) is 47.6 Å². The zero-order valence-electron chi connectivity index (χ0n) is 12.2. The van der Waals surface area contributed by atoms with Crippen molar-refractivity contribution < 1.29 is 14.7 Å². The standard InChI is InChI=1S/C16H14ClN3O3/c1-10(21)19-14-4-2-3-11(8-14)16(23)20-18-9-12-7-13(17)5-6-15(12)22/h2-9,22H,1H3,(H,19,21)(H,20,23). The molecule has 0 aliphatic carbocycles. The first kappa shape index (κ1) is 16.5. The van der Waals surface area contributed by atoms with Crippen molar-refractivity contribution in [2.24, 2.45) is 5.10 Å². The third kappa shape index (κ3) is 4.82. The first-order valence-corrected chi connectivity index (χ1v) is 7.03. The van der Waals surface area contributed by atoms with E-state index in [1.807, 2.05) is 0 Å². The molecule has 0 heterocycles. The normalized spacial score (nSPS) is 10.5. The Kier molecular flexibility index (Phi) is 5.32. The Bertz CT molecular complexity index is 775. The topological polar surface area (TPSA) is 90.8 Å². The van der Waals surface area contributed by atoms with Crippen LogP contribution in [0.2, 0.25) is 5.02 Å². The van der Waals surface area contributed by atoms with Gasteiger partial charge in [-0.3, -0.25) is 9.59 Å². The molecule has 0 aromatic heterocycles. The Hall–Kier alpha value is -2.86. The molecule has 6 nitrogen and oxygen atoms in total. The van der Waals surface area contributed by atoms with Crippen LogP contribution < -0.4 is 10.7 Å². The lowest BCUT2D eigenvalue weighted by atomic mass is 10.2. The molecule has 0 radical (unpaired) electrons. The van der Waals surface area contributed by atoms with E-state index in [1.165, 1.54) is 31.3 Å². The van der Waals surface area contributed by atoms with Crippen molar-refractivity contribution in [3.8, 4) is 5.75 Å². The maximum Gasteiger partial charge on any atom is 0.271 e. The first-order chi connectivity index (χ1) is 11.0. The molecule has 118 valence electrons. The van der Waals surface area contributed by atoms with Crippen LogP contribution in [0, 0.1) is 0 Å². The fraction of sp³-hybridized carbons (Fsp3) is 0.0625. The molecular weight excluding hydrogens is 318 g/mol. The van der Waals surface area contributed by atoms with Gasteiger partial charge in [-0.2, -0.15) is 5.10 Å². The summed E-state index contributed by atoms with van der Waals surface area (Å²) in [6.45, 7) is 1.38. The van der Waals surface area contributed by atoms with Gasteiger partial charge in [-0.15, -0.1) is 0 Å². The van der Waals surface area contributed by atoms with E-state index in [1.54, 1.807) is 24.3 Å². The van der Waals surface area contributed by atoms with Crippen LogP contribution in [-0.4, -0.2) is 23.1 Å². The third-order valence-electron chi connectivity index (χ3n) is 2.80. The highest BCUT2D eigenvalue weighted by atomic mass is 35.5. The fourth-order valence-corrected chi connectivity index (χ4v) is 1.98. The van der Waals surface area contributed by atoms with Crippen molar-refractivity contribution in [3.63, 3.8) is 0 Å². The lowest BCUT2D eigenvalue weighted by Crippen LogP contribution is -2.18. The number of phenols is 1. The second-order valence-electron chi connectivity index (χ2n) is 4.66. The number of nitrogens with zero attached hydrogens (tertiary/aromatic N) is 1. The molecule has 0 fully saturated rings. The summed E-state index contributed by atoms with van der Waals surface area (Å²) in [6.07, 6.45) is 1.29. The van der Waals surface area contributed by atoms with Gasteiger partial charge in [0, 0.05) is 28.8 Å². The van der Waals surface area contributed by atoms with E-state index in [0.717, 1.165) is 0 Å². The molecule has 0 spiro atoms. The molecule has 7 heteroatoms. The maximum absolute atomic E-state index is 12.0. The Balaban J connectivity index is 2.06. The molecule has 3 N–H and O–H groups in total. The van der Waals surface area contributed by atoms with Crippen molar-refractivity contribution in [1.29, 1.82) is 0 Å². The highest BCUT2D eigenvalue weighted by Gasteiger charge is 2.06. The second kappa shape index (κ2) is 7.42. The monoisotopic (exact) mass is 331 g/mol. The lowest BCUT2D eigenvalue weighted by Gasteiger charge is -2.04. The molecule has 0 saturated heterocycles. The van der Waals surface area contributed by atoms with E-state index in [4.69, 9.17) is 11.6 Å². The van der Waals surface area contributed by atoms with E-state index in [9.17, 15) is 14.7 Å². The summed E-state index contributed by atoms with van der Waals surface area (Å²) in [4.78, 5) is 23.0. The molecule has 2 aromatic carbocycles. The lowest BCUT2D eigenvalue weighted by molar-refractivity contribution is -0.114. The van der Waals surface area contributed by atoms with Crippen molar-refractivity contribution in [3.05, 3.63) is 58.6 Å². The quantitative estimate of drug-likeness (QED) is 0.594. The predicted octanol–water partition coefficient (Wildman–Crippen LogP) is 2.77. The summed E-state index contributed by atoms with van der Waals surface area (Å²) in [5.74, 6) is -0.674. The highest BCUT2D eigenvalue weighted by Crippen LogP contribution is 2.19. The number of halogens is 1. The number of amides is 2. The van der Waals surface area contributed by atoms with Crippen LogP contribution in [0.1, 0.15) is 22.8 Å². The van der Waals surface area contributed by atoms with Crippen LogP contribution in [0.5, 0.6) is 5.75 Å². The molecule has 0 atom stereocenters. The molecule has 0 saturated carbocycles. The Morgan fingerprint density at radius 2 is 2.00 bits per heavy atom. The number of anilines is 1. The number of aromatic hydroxyl groups is 1. The van der Waals surface area contributed by atoms with Gasteiger partial charge in [0.05, 0.1) is 6.21 Å². The van der Waals surface area contributed by atoms with E-state index in [2.05, 4.69) is 15.8 Å². The summed E-state index contributed by atoms with van der Waals surface area (Å²) in [5, 5.41) is 16.4. The van der Waals surface area contributed by atoms with Crippen LogP contribution >= 0.6 is 11.6 Å². The molecule has 2 amide bonds. The molecule has 0 aliphatic heterocycles. The number of carbonyl (C=O) groups excluding carboxylic acids is 2. The van der Waals surface area contributed by atoms with Gasteiger partial charge in [0.15, 0.2) is 0 Å². The smallest absolute Gasteiger partial charge is 0.271 e. The summed E-state index contributed by atoms with van der Waals surface area (Å²) >= 11 is 5.82. The number of phenolic OH excluding ortho intramolecular Hbond substituents is 1. The summed E-state index contributed by atoms with van der Waals surface area (Å²) < 4.78 is 0. The Morgan fingerprint density at radius 3 is 2.74 bits per heavy atom. The minimum Gasteiger partial charge on any atom is -0.507 e. The van der Waals surface area contributed by atoms with Gasteiger partial charge in [0.2, 0.25) is 5.91 Å². The van der Waals surface area contributed by atoms with Gasteiger partial charge in [0.25, 0.3) is 5.91 Å². The van der Waals surface area contributed by atoms with E-state index < -0.39 is 5.91 Å². The Labute approximate surface area is 137 Å². The number of rotatable bonds is 4. The van der Waals surface area contributed by atoms with Crippen molar-refractivity contribution >= 4 is 35.3 Å². The molecule has 2 rings (SSSR count). The number of carbonyl (C=O) groups is 2. The van der Waals surface area contributed by atoms with Gasteiger partial charge >= 0.3 is 0 Å². The van der Waals surface area contributed by atoms with E-state index >= 15 is 0 Å². The number of hydrogen-bond acceptors (Lipinski definition) is 4. The fourth-order valence-electron chi connectivity index (χ4n) is 1.80. The summed E-state index contributed by atoms with van der Waals surface area (Å²) in [6, 6.07) is 10.9. The van der Waals surface area contributed by atoms with Crippen molar-refractivity contribution in [2.75, 3.05) is 5.32 Å². The summed E-state index contributed by atoms with van der Waals surface area (Å²) in [7, 11) is 0. The average molecular weight is 332 g/mol. The Morgan fingerprint density at radius 1 is 1.22 bits per heavy atom. The minimum atomic E-state index is -0.449. The van der Waals surface area contributed by atoms with Gasteiger partial charge in [0.1, 0.15) is 5.75 Å². The number of hydrazone groups is 1. The van der Waals surface area contributed by atoms with Crippen molar-refractivity contribution in [1.82, 2.24) is 5.43 Å². The van der Waals surface area contributed by atoms with Crippen LogP contribution in [-0.2, 0) is 4.79 Å². The number of nitrogens with one attached hydrogen (secondary N) is 2. The zero-order valence-corrected chi connectivity index (χ0v) is 13.0. The largest absolute Gasteiger partial charge is 0.507 e. The van der Waals surface area contributed by atoms with Gasteiger partial charge < -0.3 is 10.4 Å². The summed E-state index contributed by atoms with van der Waals surface area (Å²) in [5.41, 5.74) is 3.57. The van der Waals surface area contributed by atoms with E-state index in [-0.39, 0.29) is 11.7 Å². The highest BCUT2D eigenvalue weighted by molar-refractivity contribution is 6.30. The number of benzene rings is 2. The molecule has 0 unspecified atom stereocenters. The van der Waals surface area contributed by atoms with Crippen LogP contribution in [0.25, 0.3) is 0 Å². The van der Waals surface area contributed by atoms with Crippen molar-refractivity contribution in [2.45, 2.75) is 6.92 Å². The molecule has 2 aromatic rings. The third-order valence-corrected chi connectivity index (χ3v) is 3.04. The molecule has 0 bridgehead atoms. The van der Waals surface area contributed by atoms with Gasteiger partial charge in [-0.05, 0) is 36.4 Å². The van der Waals surface area contributed by atoms with E-state index in [0.29, 0.717) is 21.8 Å². The minimum absolute atomic E-state index is 0.0000505. The molecular formula is C16H14ClN3O3. The van der Waals surface area contributed by atoms with Gasteiger partial charge in [-0.1, -0.05) is 17.7 Å². The average Bonchev–Trinajstić information content (AvgIpc) is 2.50. The molecule has 0 aliphatic rings. The maximum atomic E-state index is 12.0.